The van der Waals surface area contributed by atoms with Crippen molar-refractivity contribution in [2.75, 3.05) is 14.2 Å². The van der Waals surface area contributed by atoms with Crippen LogP contribution >= 0.6 is 11.6 Å². The van der Waals surface area contributed by atoms with E-state index < -0.39 is 10.8 Å². The lowest BCUT2D eigenvalue weighted by Crippen LogP contribution is -2.23. The summed E-state index contributed by atoms with van der Waals surface area (Å²) in [7, 11) is 2.84. The predicted molar refractivity (Wildman–Crippen MR) is 90.5 cm³/mol. The molecule has 2 rings (SSSR count). The first kappa shape index (κ1) is 18.3. The van der Waals surface area contributed by atoms with Crippen LogP contribution in [0, 0.1) is 10.1 Å². The van der Waals surface area contributed by atoms with Crippen LogP contribution in [0.3, 0.4) is 0 Å². The van der Waals surface area contributed by atoms with Gasteiger partial charge in [-0.05, 0) is 18.2 Å². The molecule has 8 nitrogen and oxygen atoms in total. The van der Waals surface area contributed by atoms with E-state index in [1.165, 1.54) is 44.6 Å². The summed E-state index contributed by atoms with van der Waals surface area (Å²) < 4.78 is 10.2. The van der Waals surface area contributed by atoms with Gasteiger partial charge in [-0.15, -0.1) is 0 Å². The topological polar surface area (TPSA) is 111 Å². The average molecular weight is 367 g/mol. The summed E-state index contributed by atoms with van der Waals surface area (Å²) in [6.45, 7) is -0.0989. The van der Waals surface area contributed by atoms with Crippen LogP contribution in [0.25, 0.3) is 0 Å². The lowest BCUT2D eigenvalue weighted by Gasteiger charge is -2.12. The molecule has 0 aliphatic carbocycles. The summed E-state index contributed by atoms with van der Waals surface area (Å²) in [5.41, 5.74) is 0.248. The van der Waals surface area contributed by atoms with Crippen molar-refractivity contribution in [3.63, 3.8) is 0 Å². The van der Waals surface area contributed by atoms with Crippen LogP contribution < -0.4 is 14.8 Å². The second kappa shape index (κ2) is 7.71. The van der Waals surface area contributed by atoms with E-state index >= 15 is 0 Å². The highest BCUT2D eigenvalue weighted by Crippen LogP contribution is 2.36. The van der Waals surface area contributed by atoms with Gasteiger partial charge in [0.05, 0.1) is 24.2 Å². The molecule has 2 N–H and O–H groups in total. The lowest BCUT2D eigenvalue weighted by atomic mass is 10.1. The van der Waals surface area contributed by atoms with E-state index in [2.05, 4.69) is 5.32 Å². The van der Waals surface area contributed by atoms with Gasteiger partial charge in [-0.3, -0.25) is 14.9 Å². The van der Waals surface area contributed by atoms with Gasteiger partial charge in [-0.25, -0.2) is 0 Å². The Hall–Kier alpha value is -3.00. The molecule has 1 amide bonds. The van der Waals surface area contributed by atoms with E-state index in [0.717, 1.165) is 0 Å². The number of phenols is 1. The van der Waals surface area contributed by atoms with Crippen molar-refractivity contribution in [2.45, 2.75) is 6.54 Å². The summed E-state index contributed by atoms with van der Waals surface area (Å²) in [5.74, 6) is -0.0552. The number of nitro benzene ring substituents is 1. The van der Waals surface area contributed by atoms with Gasteiger partial charge in [0.25, 0.3) is 11.6 Å². The predicted octanol–water partition coefficient (Wildman–Crippen LogP) is 2.90. The van der Waals surface area contributed by atoms with Gasteiger partial charge in [0.1, 0.15) is 5.75 Å². The Balaban J connectivity index is 2.20. The number of halogens is 1. The van der Waals surface area contributed by atoms with E-state index in [4.69, 9.17) is 21.1 Å². The first-order valence-electron chi connectivity index (χ1n) is 7.03. The van der Waals surface area contributed by atoms with Crippen LogP contribution in [0.15, 0.2) is 30.3 Å². The Labute approximate surface area is 148 Å². The Bertz CT molecular complexity index is 825. The average Bonchev–Trinajstić information content (AvgIpc) is 2.59. The second-order valence-electron chi connectivity index (χ2n) is 4.95. The number of aromatic hydroxyl groups is 1. The number of non-ortho nitro benzene ring substituents is 1. The van der Waals surface area contributed by atoms with Crippen molar-refractivity contribution in [3.05, 3.63) is 56.6 Å². The van der Waals surface area contributed by atoms with Gasteiger partial charge in [0, 0.05) is 29.8 Å². The summed E-state index contributed by atoms with van der Waals surface area (Å²) in [6, 6.07) is 6.43. The third kappa shape index (κ3) is 4.10. The molecule has 0 aliphatic rings. The summed E-state index contributed by atoms with van der Waals surface area (Å²) in [4.78, 5) is 22.5. The standard InChI is InChI=1S/C16H15ClN2O6/c1-24-14-7-9(6-12(17)15(14)25-2)16(21)18-8-10-5-11(19(22)23)3-4-13(10)20/h3-7,20H,8H2,1-2H3,(H,18,21). The van der Waals surface area contributed by atoms with Gasteiger partial charge in [-0.2, -0.15) is 0 Å². The first-order valence-corrected chi connectivity index (χ1v) is 7.41. The van der Waals surface area contributed by atoms with Crippen LogP contribution in [0.5, 0.6) is 17.2 Å². The maximum absolute atomic E-state index is 12.3. The van der Waals surface area contributed by atoms with E-state index in [1.54, 1.807) is 0 Å². The fourth-order valence-electron chi connectivity index (χ4n) is 2.15. The molecule has 9 heteroatoms. The summed E-state index contributed by atoms with van der Waals surface area (Å²) in [6.07, 6.45) is 0. The van der Waals surface area contributed by atoms with Crippen LogP contribution in [0.2, 0.25) is 5.02 Å². The van der Waals surface area contributed by atoms with E-state index in [9.17, 15) is 20.0 Å². The number of amides is 1. The molecule has 132 valence electrons. The third-order valence-corrected chi connectivity index (χ3v) is 3.69. The zero-order chi connectivity index (χ0) is 18.6. The second-order valence-corrected chi connectivity index (χ2v) is 5.35. The number of carbonyl (C=O) groups is 1. The molecule has 0 saturated carbocycles. The fourth-order valence-corrected chi connectivity index (χ4v) is 2.44. The maximum atomic E-state index is 12.3. The van der Waals surface area contributed by atoms with Gasteiger partial charge in [0.2, 0.25) is 0 Å². The van der Waals surface area contributed by atoms with Gasteiger partial charge >= 0.3 is 0 Å². The number of hydrogen-bond donors (Lipinski definition) is 2. The quantitative estimate of drug-likeness (QED) is 0.600. The molecule has 0 unspecified atom stereocenters. The minimum atomic E-state index is -0.584. The Morgan fingerprint density at radius 1 is 1.28 bits per heavy atom. The Kier molecular flexibility index (Phi) is 5.66. The number of rotatable bonds is 6. The number of methoxy groups -OCH3 is 2. The van der Waals surface area contributed by atoms with Gasteiger partial charge < -0.3 is 19.9 Å². The van der Waals surface area contributed by atoms with Crippen LogP contribution in [0.1, 0.15) is 15.9 Å². The molecular formula is C16H15ClN2O6. The molecule has 2 aromatic carbocycles. The zero-order valence-corrected chi connectivity index (χ0v) is 14.2. The van der Waals surface area contributed by atoms with Gasteiger partial charge in [0.15, 0.2) is 11.5 Å². The molecule has 0 atom stereocenters. The molecule has 0 spiro atoms. The number of nitrogens with zero attached hydrogens (tertiary/aromatic N) is 1. The summed E-state index contributed by atoms with van der Waals surface area (Å²) in [5, 5.41) is 23.3. The largest absolute Gasteiger partial charge is 0.508 e. The lowest BCUT2D eigenvalue weighted by molar-refractivity contribution is -0.384. The smallest absolute Gasteiger partial charge is 0.270 e. The molecule has 0 radical (unpaired) electrons. The number of nitrogens with one attached hydrogen (secondary N) is 1. The van der Waals surface area contributed by atoms with Crippen molar-refractivity contribution in [1.29, 1.82) is 0 Å². The third-order valence-electron chi connectivity index (χ3n) is 3.41. The zero-order valence-electron chi connectivity index (χ0n) is 13.4. The van der Waals surface area contributed by atoms with E-state index in [0.29, 0.717) is 11.5 Å². The van der Waals surface area contributed by atoms with Crippen molar-refractivity contribution < 1.29 is 24.3 Å². The first-order chi connectivity index (χ1) is 11.9. The van der Waals surface area contributed by atoms with Gasteiger partial charge in [-0.1, -0.05) is 11.6 Å². The molecular weight excluding hydrogens is 352 g/mol. The molecule has 25 heavy (non-hydrogen) atoms. The molecule has 0 bridgehead atoms. The maximum Gasteiger partial charge on any atom is 0.270 e. The number of ether oxygens (including phenoxy) is 2. The van der Waals surface area contributed by atoms with Crippen molar-refractivity contribution in [3.8, 4) is 17.2 Å². The van der Waals surface area contributed by atoms with Crippen LogP contribution in [-0.2, 0) is 6.54 Å². The van der Waals surface area contributed by atoms with Crippen molar-refractivity contribution >= 4 is 23.2 Å². The van der Waals surface area contributed by atoms with Crippen LogP contribution in [-0.4, -0.2) is 30.2 Å². The van der Waals surface area contributed by atoms with Crippen LogP contribution in [0.4, 0.5) is 5.69 Å². The highest BCUT2D eigenvalue weighted by Gasteiger charge is 2.16. The van der Waals surface area contributed by atoms with Crippen molar-refractivity contribution in [1.82, 2.24) is 5.32 Å². The number of benzene rings is 2. The molecule has 0 saturated heterocycles. The highest BCUT2D eigenvalue weighted by atomic mass is 35.5. The fraction of sp³-hybridized carbons (Fsp3) is 0.188. The number of phenolic OH excluding ortho intramolecular Hbond substituents is 1. The summed E-state index contributed by atoms with van der Waals surface area (Å²) >= 11 is 6.06. The molecule has 0 fully saturated rings. The molecule has 0 aliphatic heterocycles. The van der Waals surface area contributed by atoms with E-state index in [1.807, 2.05) is 0 Å². The number of hydrogen-bond acceptors (Lipinski definition) is 6. The molecule has 2 aromatic rings. The monoisotopic (exact) mass is 366 g/mol. The minimum Gasteiger partial charge on any atom is -0.508 e. The number of carbonyl (C=O) groups excluding carboxylic acids is 1. The van der Waals surface area contributed by atoms with Crippen molar-refractivity contribution in [2.24, 2.45) is 0 Å². The Morgan fingerprint density at radius 3 is 2.60 bits per heavy atom. The van der Waals surface area contributed by atoms with E-state index in [-0.39, 0.29) is 34.1 Å². The normalized spacial score (nSPS) is 10.2. The highest BCUT2D eigenvalue weighted by molar-refractivity contribution is 6.32. The molecule has 0 heterocycles. The number of nitro groups is 1. The minimum absolute atomic E-state index is 0.0989. The molecule has 0 aromatic heterocycles. The SMILES string of the molecule is COc1cc(C(=O)NCc2cc([N+](=O)[O-])ccc2O)cc(Cl)c1OC. The Morgan fingerprint density at radius 2 is 2.00 bits per heavy atom.